The molecule has 106 valence electrons. The van der Waals surface area contributed by atoms with Gasteiger partial charge in [0.1, 0.15) is 11.6 Å². The van der Waals surface area contributed by atoms with Crippen LogP contribution in [0.5, 0.6) is 5.75 Å². The second kappa shape index (κ2) is 7.58. The Hall–Kier alpha value is -0.970. The Kier molecular flexibility index (Phi) is 6.42. The van der Waals surface area contributed by atoms with Gasteiger partial charge in [-0.15, -0.1) is 11.6 Å². The van der Waals surface area contributed by atoms with E-state index >= 15 is 0 Å². The van der Waals surface area contributed by atoms with E-state index in [0.29, 0.717) is 17.3 Å². The fourth-order valence-corrected chi connectivity index (χ4v) is 2.01. The molecule has 1 aromatic carbocycles. The lowest BCUT2D eigenvalue weighted by Crippen LogP contribution is -2.40. The summed E-state index contributed by atoms with van der Waals surface area (Å²) in [5.74, 6) is 0.209. The van der Waals surface area contributed by atoms with Gasteiger partial charge in [0.25, 0.3) is 0 Å². The van der Waals surface area contributed by atoms with E-state index in [1.165, 1.54) is 12.0 Å². The minimum absolute atomic E-state index is 0.116. The highest BCUT2D eigenvalue weighted by atomic mass is 35.5. The maximum atomic E-state index is 11.8. The number of aliphatic hydroxyl groups is 1. The predicted molar refractivity (Wildman–Crippen MR) is 75.8 cm³/mol. The molecule has 1 rings (SSSR count). The molecule has 0 aromatic heterocycles. The SMILES string of the molecule is COc1cc(CN(C(=O)CCl)[C@H](C)CO)ccc1Cl. The molecule has 0 spiro atoms. The maximum absolute atomic E-state index is 11.8. The second-order valence-electron chi connectivity index (χ2n) is 4.16. The topological polar surface area (TPSA) is 49.8 Å². The average Bonchev–Trinajstić information content (AvgIpc) is 2.44. The number of carbonyl (C=O) groups is 1. The molecule has 1 atom stereocenters. The number of alkyl halides is 1. The summed E-state index contributed by atoms with van der Waals surface area (Å²) < 4.78 is 5.13. The first-order chi connectivity index (χ1) is 9.03. The van der Waals surface area contributed by atoms with Crippen LogP contribution >= 0.6 is 23.2 Å². The largest absolute Gasteiger partial charge is 0.495 e. The third kappa shape index (κ3) is 4.27. The molecule has 0 heterocycles. The molecule has 0 aliphatic carbocycles. The van der Waals surface area contributed by atoms with E-state index in [0.717, 1.165) is 5.56 Å². The Labute approximate surface area is 122 Å². The van der Waals surface area contributed by atoms with Crippen molar-refractivity contribution in [1.82, 2.24) is 4.90 Å². The van der Waals surface area contributed by atoms with E-state index in [-0.39, 0.29) is 24.4 Å². The van der Waals surface area contributed by atoms with E-state index in [2.05, 4.69) is 0 Å². The monoisotopic (exact) mass is 305 g/mol. The van der Waals surface area contributed by atoms with Gasteiger partial charge in [-0.2, -0.15) is 0 Å². The zero-order valence-corrected chi connectivity index (χ0v) is 12.4. The molecular weight excluding hydrogens is 289 g/mol. The molecule has 0 saturated heterocycles. The molecule has 0 aliphatic rings. The van der Waals surface area contributed by atoms with E-state index < -0.39 is 0 Å². The summed E-state index contributed by atoms with van der Waals surface area (Å²) in [6.45, 7) is 1.99. The number of rotatable bonds is 6. The third-order valence-corrected chi connectivity index (χ3v) is 3.34. The molecule has 1 N–H and O–H groups in total. The number of halogens is 2. The van der Waals surface area contributed by atoms with Crippen LogP contribution in [0.15, 0.2) is 18.2 Å². The Morgan fingerprint density at radius 3 is 2.74 bits per heavy atom. The Balaban J connectivity index is 2.93. The molecule has 1 aromatic rings. The number of methoxy groups -OCH3 is 1. The fourth-order valence-electron chi connectivity index (χ4n) is 1.66. The van der Waals surface area contributed by atoms with Gasteiger partial charge in [-0.1, -0.05) is 17.7 Å². The molecule has 4 nitrogen and oxygen atoms in total. The quantitative estimate of drug-likeness (QED) is 0.821. The summed E-state index contributed by atoms with van der Waals surface area (Å²) >= 11 is 11.5. The highest BCUT2D eigenvalue weighted by Gasteiger charge is 2.19. The number of hydrogen-bond donors (Lipinski definition) is 1. The maximum Gasteiger partial charge on any atom is 0.238 e. The summed E-state index contributed by atoms with van der Waals surface area (Å²) in [4.78, 5) is 13.3. The van der Waals surface area contributed by atoms with Crippen molar-refractivity contribution in [1.29, 1.82) is 0 Å². The molecule has 19 heavy (non-hydrogen) atoms. The third-order valence-electron chi connectivity index (χ3n) is 2.80. The highest BCUT2D eigenvalue weighted by Crippen LogP contribution is 2.25. The van der Waals surface area contributed by atoms with Gasteiger partial charge in [-0.3, -0.25) is 4.79 Å². The Morgan fingerprint density at radius 2 is 2.21 bits per heavy atom. The first kappa shape index (κ1) is 16.1. The molecule has 1 amide bonds. The lowest BCUT2D eigenvalue weighted by Gasteiger charge is -2.27. The molecule has 0 unspecified atom stereocenters. The standard InChI is InChI=1S/C13H17Cl2NO3/c1-9(8-17)16(13(18)6-14)7-10-3-4-11(15)12(5-10)19-2/h3-5,9,17H,6-8H2,1-2H3/t9-/m1/s1. The van der Waals surface area contributed by atoms with Crippen LogP contribution in [-0.2, 0) is 11.3 Å². The molecule has 0 bridgehead atoms. The summed E-state index contributed by atoms with van der Waals surface area (Å²) in [5, 5.41) is 9.70. The number of carbonyl (C=O) groups excluding carboxylic acids is 1. The van der Waals surface area contributed by atoms with Gasteiger partial charge < -0.3 is 14.7 Å². The highest BCUT2D eigenvalue weighted by molar-refractivity contribution is 6.32. The van der Waals surface area contributed by atoms with Crippen molar-refractivity contribution in [2.75, 3.05) is 19.6 Å². The molecular formula is C13H17Cl2NO3. The number of ether oxygens (including phenoxy) is 1. The van der Waals surface area contributed by atoms with Crippen LogP contribution < -0.4 is 4.74 Å². The Bertz CT molecular complexity index is 440. The Morgan fingerprint density at radius 1 is 1.53 bits per heavy atom. The number of benzene rings is 1. The van der Waals surface area contributed by atoms with Gasteiger partial charge in [-0.05, 0) is 24.6 Å². The van der Waals surface area contributed by atoms with Crippen molar-refractivity contribution in [2.24, 2.45) is 0 Å². The minimum Gasteiger partial charge on any atom is -0.495 e. The predicted octanol–water partition coefficient (Wildman–Crippen LogP) is 2.30. The molecule has 0 fully saturated rings. The second-order valence-corrected chi connectivity index (χ2v) is 4.83. The van der Waals surface area contributed by atoms with Gasteiger partial charge in [0.05, 0.1) is 24.8 Å². The van der Waals surface area contributed by atoms with Crippen LogP contribution in [0.25, 0.3) is 0 Å². The average molecular weight is 306 g/mol. The summed E-state index contributed by atoms with van der Waals surface area (Å²) in [7, 11) is 1.53. The molecule has 0 aliphatic heterocycles. The van der Waals surface area contributed by atoms with Gasteiger partial charge in [0.2, 0.25) is 5.91 Å². The lowest BCUT2D eigenvalue weighted by atomic mass is 10.1. The van der Waals surface area contributed by atoms with Crippen LogP contribution in [0.3, 0.4) is 0 Å². The first-order valence-corrected chi connectivity index (χ1v) is 6.73. The van der Waals surface area contributed by atoms with Crippen molar-refractivity contribution >= 4 is 29.1 Å². The molecule has 0 saturated carbocycles. The number of nitrogens with zero attached hydrogens (tertiary/aromatic N) is 1. The van der Waals surface area contributed by atoms with E-state index in [1.54, 1.807) is 19.1 Å². The molecule has 0 radical (unpaired) electrons. The van der Waals surface area contributed by atoms with E-state index in [9.17, 15) is 9.90 Å². The van der Waals surface area contributed by atoms with Crippen molar-refractivity contribution in [3.05, 3.63) is 28.8 Å². The lowest BCUT2D eigenvalue weighted by molar-refractivity contribution is -0.132. The van der Waals surface area contributed by atoms with Crippen molar-refractivity contribution in [3.63, 3.8) is 0 Å². The van der Waals surface area contributed by atoms with Gasteiger partial charge >= 0.3 is 0 Å². The van der Waals surface area contributed by atoms with Gasteiger partial charge in [-0.25, -0.2) is 0 Å². The van der Waals surface area contributed by atoms with Crippen LogP contribution in [0.2, 0.25) is 5.02 Å². The number of amides is 1. The number of aliphatic hydroxyl groups excluding tert-OH is 1. The van der Waals surface area contributed by atoms with E-state index in [1.807, 2.05) is 6.07 Å². The summed E-state index contributed by atoms with van der Waals surface area (Å²) in [6.07, 6.45) is 0. The normalized spacial score (nSPS) is 12.1. The van der Waals surface area contributed by atoms with Crippen molar-refractivity contribution in [2.45, 2.75) is 19.5 Å². The number of hydrogen-bond acceptors (Lipinski definition) is 3. The van der Waals surface area contributed by atoms with Crippen LogP contribution in [-0.4, -0.2) is 41.6 Å². The first-order valence-electron chi connectivity index (χ1n) is 5.82. The van der Waals surface area contributed by atoms with Crippen molar-refractivity contribution in [3.8, 4) is 5.75 Å². The molecule has 6 heteroatoms. The minimum atomic E-state index is -0.298. The van der Waals surface area contributed by atoms with Gasteiger partial charge in [0, 0.05) is 6.54 Å². The van der Waals surface area contributed by atoms with Crippen molar-refractivity contribution < 1.29 is 14.6 Å². The van der Waals surface area contributed by atoms with E-state index in [4.69, 9.17) is 27.9 Å². The smallest absolute Gasteiger partial charge is 0.238 e. The summed E-state index contributed by atoms with van der Waals surface area (Å²) in [6, 6.07) is 4.99. The summed E-state index contributed by atoms with van der Waals surface area (Å²) in [5.41, 5.74) is 0.861. The van der Waals surface area contributed by atoms with Gasteiger partial charge in [0.15, 0.2) is 0 Å². The zero-order valence-electron chi connectivity index (χ0n) is 10.9. The fraction of sp³-hybridized carbons (Fsp3) is 0.462. The van der Waals surface area contributed by atoms with Crippen LogP contribution in [0, 0.1) is 0 Å². The zero-order chi connectivity index (χ0) is 14.4. The van der Waals surface area contributed by atoms with Crippen LogP contribution in [0.4, 0.5) is 0 Å². The van der Waals surface area contributed by atoms with Crippen LogP contribution in [0.1, 0.15) is 12.5 Å².